The number of nitrogen functional groups attached to an aromatic ring is 1. The van der Waals surface area contributed by atoms with Crippen LogP contribution in [-0.4, -0.2) is 18.5 Å². The average molecular weight is 344 g/mol. The van der Waals surface area contributed by atoms with Crippen molar-refractivity contribution in [1.29, 1.82) is 0 Å². The standard InChI is InChI=1S/C19H22ClN3O/c1-13-6-4-5-11-23(13)18-10-9-14(12-17(18)21)22-19(24)15-7-2-3-8-16(15)20/h2-3,7-10,12-13H,4-6,11,21H2,1H3,(H,22,24)/t13-/m1/s1. The van der Waals surface area contributed by atoms with E-state index in [-0.39, 0.29) is 5.91 Å². The third kappa shape index (κ3) is 3.49. The number of rotatable bonds is 3. The van der Waals surface area contributed by atoms with Crippen molar-refractivity contribution in [2.24, 2.45) is 0 Å². The molecule has 126 valence electrons. The molecule has 24 heavy (non-hydrogen) atoms. The maximum Gasteiger partial charge on any atom is 0.257 e. The first kappa shape index (κ1) is 16.7. The van der Waals surface area contributed by atoms with Gasteiger partial charge in [0.2, 0.25) is 0 Å². The summed E-state index contributed by atoms with van der Waals surface area (Å²) in [6.45, 7) is 3.25. The van der Waals surface area contributed by atoms with Crippen molar-refractivity contribution in [2.45, 2.75) is 32.2 Å². The summed E-state index contributed by atoms with van der Waals surface area (Å²) in [6, 6.07) is 13.2. The summed E-state index contributed by atoms with van der Waals surface area (Å²) in [7, 11) is 0. The van der Waals surface area contributed by atoms with Gasteiger partial charge in [-0.1, -0.05) is 23.7 Å². The maximum atomic E-state index is 12.3. The molecule has 1 fully saturated rings. The Hall–Kier alpha value is -2.20. The second kappa shape index (κ2) is 7.14. The van der Waals surface area contributed by atoms with E-state index >= 15 is 0 Å². The predicted molar refractivity (Wildman–Crippen MR) is 101 cm³/mol. The molecule has 1 amide bonds. The number of hydrogen-bond donors (Lipinski definition) is 2. The monoisotopic (exact) mass is 343 g/mol. The fourth-order valence-electron chi connectivity index (χ4n) is 3.19. The summed E-state index contributed by atoms with van der Waals surface area (Å²) in [6.07, 6.45) is 3.64. The molecule has 1 heterocycles. The molecule has 1 saturated heterocycles. The van der Waals surface area contributed by atoms with Crippen LogP contribution in [0.5, 0.6) is 0 Å². The van der Waals surface area contributed by atoms with Gasteiger partial charge in [-0.25, -0.2) is 0 Å². The quantitative estimate of drug-likeness (QED) is 0.803. The minimum Gasteiger partial charge on any atom is -0.397 e. The molecule has 0 aromatic heterocycles. The Bertz CT molecular complexity index is 747. The lowest BCUT2D eigenvalue weighted by molar-refractivity contribution is 0.102. The number of carbonyl (C=O) groups is 1. The molecule has 0 bridgehead atoms. The lowest BCUT2D eigenvalue weighted by Crippen LogP contribution is -2.37. The van der Waals surface area contributed by atoms with E-state index in [0.29, 0.717) is 28.0 Å². The minimum absolute atomic E-state index is 0.237. The van der Waals surface area contributed by atoms with Crippen LogP contribution < -0.4 is 16.0 Å². The van der Waals surface area contributed by atoms with E-state index in [4.69, 9.17) is 17.3 Å². The van der Waals surface area contributed by atoms with E-state index in [1.807, 2.05) is 18.2 Å². The molecule has 4 nitrogen and oxygen atoms in total. The van der Waals surface area contributed by atoms with Gasteiger partial charge in [-0.15, -0.1) is 0 Å². The predicted octanol–water partition coefficient (Wildman–Crippen LogP) is 4.55. The molecule has 3 N–H and O–H groups in total. The molecule has 2 aromatic rings. The van der Waals surface area contributed by atoms with E-state index < -0.39 is 0 Å². The van der Waals surface area contributed by atoms with Gasteiger partial charge in [0.15, 0.2) is 0 Å². The summed E-state index contributed by atoms with van der Waals surface area (Å²) >= 11 is 6.07. The third-order valence-electron chi connectivity index (χ3n) is 4.52. The van der Waals surface area contributed by atoms with Crippen LogP contribution >= 0.6 is 11.6 Å². The van der Waals surface area contributed by atoms with E-state index in [2.05, 4.69) is 17.1 Å². The van der Waals surface area contributed by atoms with Crippen LogP contribution in [0.4, 0.5) is 17.1 Å². The second-order valence-electron chi connectivity index (χ2n) is 6.25. The molecule has 0 saturated carbocycles. The highest BCUT2D eigenvalue weighted by molar-refractivity contribution is 6.34. The van der Waals surface area contributed by atoms with E-state index in [1.165, 1.54) is 19.3 Å². The van der Waals surface area contributed by atoms with Gasteiger partial charge in [0.25, 0.3) is 5.91 Å². The fraction of sp³-hybridized carbons (Fsp3) is 0.316. The van der Waals surface area contributed by atoms with E-state index in [1.54, 1.807) is 24.3 Å². The van der Waals surface area contributed by atoms with Crippen LogP contribution in [0, 0.1) is 0 Å². The number of anilines is 3. The first-order chi connectivity index (χ1) is 11.6. The number of piperidine rings is 1. The molecule has 5 heteroatoms. The molecule has 0 spiro atoms. The number of nitrogens with two attached hydrogens (primary N) is 1. The van der Waals surface area contributed by atoms with Gasteiger partial charge in [0.1, 0.15) is 0 Å². The van der Waals surface area contributed by atoms with Crippen molar-refractivity contribution in [3.05, 3.63) is 53.1 Å². The molecular weight excluding hydrogens is 322 g/mol. The van der Waals surface area contributed by atoms with Crippen LogP contribution in [0.3, 0.4) is 0 Å². The van der Waals surface area contributed by atoms with Gasteiger partial charge in [-0.2, -0.15) is 0 Å². The number of halogens is 1. The fourth-order valence-corrected chi connectivity index (χ4v) is 3.42. The van der Waals surface area contributed by atoms with E-state index in [9.17, 15) is 4.79 Å². The summed E-state index contributed by atoms with van der Waals surface area (Å²) in [5, 5.41) is 3.29. The third-order valence-corrected chi connectivity index (χ3v) is 4.85. The van der Waals surface area contributed by atoms with Gasteiger partial charge in [0.05, 0.1) is 22.0 Å². The smallest absolute Gasteiger partial charge is 0.257 e. The van der Waals surface area contributed by atoms with Gasteiger partial charge >= 0.3 is 0 Å². The average Bonchev–Trinajstić information content (AvgIpc) is 2.56. The zero-order chi connectivity index (χ0) is 17.1. The van der Waals surface area contributed by atoms with Gasteiger partial charge < -0.3 is 16.0 Å². The van der Waals surface area contributed by atoms with Gasteiger partial charge in [-0.05, 0) is 56.5 Å². The van der Waals surface area contributed by atoms with Crippen LogP contribution in [0.15, 0.2) is 42.5 Å². The lowest BCUT2D eigenvalue weighted by Gasteiger charge is -2.36. The number of benzene rings is 2. The summed E-state index contributed by atoms with van der Waals surface area (Å²) in [4.78, 5) is 14.7. The molecule has 0 aliphatic carbocycles. The van der Waals surface area contributed by atoms with Crippen LogP contribution in [0.1, 0.15) is 36.5 Å². The Morgan fingerprint density at radius 1 is 1.25 bits per heavy atom. The molecule has 3 rings (SSSR count). The van der Waals surface area contributed by atoms with Crippen molar-refractivity contribution >= 4 is 34.6 Å². The second-order valence-corrected chi connectivity index (χ2v) is 6.65. The highest BCUT2D eigenvalue weighted by atomic mass is 35.5. The molecule has 1 aliphatic rings. The van der Waals surface area contributed by atoms with Crippen molar-refractivity contribution in [2.75, 3.05) is 22.5 Å². The molecule has 1 atom stereocenters. The molecular formula is C19H22ClN3O. The molecule has 0 radical (unpaired) electrons. The van der Waals surface area contributed by atoms with Gasteiger partial charge in [0, 0.05) is 18.3 Å². The SMILES string of the molecule is C[C@@H]1CCCCN1c1ccc(NC(=O)c2ccccc2Cl)cc1N. The lowest BCUT2D eigenvalue weighted by atomic mass is 10.0. The van der Waals surface area contributed by atoms with Crippen LogP contribution in [0.2, 0.25) is 5.02 Å². The largest absolute Gasteiger partial charge is 0.397 e. The Balaban J connectivity index is 1.77. The van der Waals surface area contributed by atoms with Crippen LogP contribution in [-0.2, 0) is 0 Å². The van der Waals surface area contributed by atoms with Gasteiger partial charge in [-0.3, -0.25) is 4.79 Å². The molecule has 2 aromatic carbocycles. The van der Waals surface area contributed by atoms with Crippen LogP contribution in [0.25, 0.3) is 0 Å². The number of carbonyl (C=O) groups excluding carboxylic acids is 1. The molecule has 0 unspecified atom stereocenters. The van der Waals surface area contributed by atoms with Crippen molar-refractivity contribution in [3.63, 3.8) is 0 Å². The molecule has 1 aliphatic heterocycles. The zero-order valence-electron chi connectivity index (χ0n) is 13.8. The highest BCUT2D eigenvalue weighted by Gasteiger charge is 2.20. The Morgan fingerprint density at radius 3 is 2.75 bits per heavy atom. The van der Waals surface area contributed by atoms with Crippen molar-refractivity contribution in [1.82, 2.24) is 0 Å². The zero-order valence-corrected chi connectivity index (χ0v) is 14.5. The number of hydrogen-bond acceptors (Lipinski definition) is 3. The first-order valence-electron chi connectivity index (χ1n) is 8.28. The number of nitrogens with zero attached hydrogens (tertiary/aromatic N) is 1. The Kier molecular flexibility index (Phi) is 4.95. The minimum atomic E-state index is -0.237. The maximum absolute atomic E-state index is 12.3. The summed E-state index contributed by atoms with van der Waals surface area (Å²) in [5.41, 5.74) is 9.08. The number of nitrogens with one attached hydrogen (secondary N) is 1. The topological polar surface area (TPSA) is 58.4 Å². The van der Waals surface area contributed by atoms with E-state index in [0.717, 1.165) is 12.2 Å². The Labute approximate surface area is 147 Å². The normalized spacial score (nSPS) is 17.6. The van der Waals surface area contributed by atoms with Crippen molar-refractivity contribution in [3.8, 4) is 0 Å². The Morgan fingerprint density at radius 2 is 2.04 bits per heavy atom. The number of amides is 1. The first-order valence-corrected chi connectivity index (χ1v) is 8.66. The highest BCUT2D eigenvalue weighted by Crippen LogP contribution is 2.31. The summed E-state index contributed by atoms with van der Waals surface area (Å²) in [5.74, 6) is -0.237. The van der Waals surface area contributed by atoms with Crippen molar-refractivity contribution < 1.29 is 4.79 Å². The summed E-state index contributed by atoms with van der Waals surface area (Å²) < 4.78 is 0.